The molecule has 0 heterocycles. The fraction of sp³-hybridized carbons (Fsp3) is 0.735. The molecular weight excluding hydrogens is 514 g/mol. The Bertz CT molecular complexity index is 1330. The van der Waals surface area contributed by atoms with Crippen LogP contribution in [0.25, 0.3) is 0 Å². The van der Waals surface area contributed by atoms with Gasteiger partial charge in [-0.1, -0.05) is 60.1 Å². The van der Waals surface area contributed by atoms with Crippen LogP contribution in [0.3, 0.4) is 0 Å². The van der Waals surface area contributed by atoms with Gasteiger partial charge in [0, 0.05) is 30.1 Å². The third kappa shape index (κ3) is 4.10. The summed E-state index contributed by atoms with van der Waals surface area (Å²) in [6, 6.07) is 2.17. The van der Waals surface area contributed by atoms with Crippen LogP contribution in [-0.4, -0.2) is 23.4 Å². The molecule has 0 radical (unpaired) electrons. The van der Waals surface area contributed by atoms with Crippen molar-refractivity contribution in [1.29, 1.82) is 5.26 Å². The van der Waals surface area contributed by atoms with Gasteiger partial charge in [-0.2, -0.15) is 5.26 Å². The first-order chi connectivity index (χ1) is 18.9. The molecule has 5 aliphatic carbocycles. The van der Waals surface area contributed by atoms with E-state index in [4.69, 9.17) is 0 Å². The lowest BCUT2D eigenvalue weighted by Crippen LogP contribution is -2.65. The lowest BCUT2D eigenvalue weighted by atomic mass is 9.34. The highest BCUT2D eigenvalue weighted by molar-refractivity contribution is 6.04. The summed E-state index contributed by atoms with van der Waals surface area (Å²) < 4.78 is 0. The molecule has 5 rings (SSSR count). The molecule has 2 N–H and O–H groups in total. The maximum atomic E-state index is 14.5. The summed E-state index contributed by atoms with van der Waals surface area (Å²) in [5.74, 6) is -0.617. The molecule has 5 aliphatic rings. The van der Waals surface area contributed by atoms with E-state index in [-0.39, 0.29) is 68.4 Å². The summed E-state index contributed by atoms with van der Waals surface area (Å²) in [7, 11) is 0. The lowest BCUT2D eigenvalue weighted by Gasteiger charge is -2.69. The Kier molecular flexibility index (Phi) is 6.62. The molecular formula is C34H47N3O4. The Balaban J connectivity index is 1.62. The molecule has 3 fully saturated rings. The Hall–Kier alpha value is -2.75. The van der Waals surface area contributed by atoms with E-state index in [1.165, 1.54) is 6.92 Å². The van der Waals surface area contributed by atoms with E-state index in [0.29, 0.717) is 6.42 Å². The molecule has 7 nitrogen and oxygen atoms in total. The molecule has 0 saturated heterocycles. The largest absolute Gasteiger partial charge is 0.295 e. The Morgan fingerprint density at radius 2 is 1.63 bits per heavy atom. The molecule has 0 aromatic carbocycles. The minimum Gasteiger partial charge on any atom is -0.295 e. The van der Waals surface area contributed by atoms with Crippen molar-refractivity contribution in [3.05, 3.63) is 23.3 Å². The van der Waals surface area contributed by atoms with E-state index in [1.54, 1.807) is 0 Å². The second-order valence-corrected chi connectivity index (χ2v) is 16.0. The number of amides is 2. The van der Waals surface area contributed by atoms with Gasteiger partial charge in [-0.25, -0.2) is 0 Å². The summed E-state index contributed by atoms with van der Waals surface area (Å²) >= 11 is 0. The molecule has 222 valence electrons. The van der Waals surface area contributed by atoms with Gasteiger partial charge in [-0.15, -0.1) is 0 Å². The molecule has 2 amide bonds. The molecule has 0 aromatic rings. The quantitative estimate of drug-likeness (QED) is 0.416. The SMILES string of the molecule is CC(=O)NNC(=O)C[C@]12CCC(C)(C)C[C@@H]1C1C(=O)C=C3[C@@]4(C)C=C(C#N)C(=O)C(C)(C)[C@@H]4CC[C@@]3(C)[C@]1(C)CC2. The zero-order valence-corrected chi connectivity index (χ0v) is 26.1. The first-order valence-corrected chi connectivity index (χ1v) is 15.4. The topological polar surface area (TPSA) is 116 Å². The van der Waals surface area contributed by atoms with Crippen molar-refractivity contribution in [2.24, 2.45) is 50.2 Å². The third-order valence-electron chi connectivity index (χ3n) is 12.9. The van der Waals surface area contributed by atoms with Crippen LogP contribution in [0.1, 0.15) is 107 Å². The smallest absolute Gasteiger partial charge is 0.238 e. The van der Waals surface area contributed by atoms with Gasteiger partial charge in [0.2, 0.25) is 11.8 Å². The number of nitriles is 1. The monoisotopic (exact) mass is 561 g/mol. The predicted molar refractivity (Wildman–Crippen MR) is 155 cm³/mol. The fourth-order valence-corrected chi connectivity index (χ4v) is 10.6. The van der Waals surface area contributed by atoms with Crippen molar-refractivity contribution in [2.45, 2.75) is 107 Å². The van der Waals surface area contributed by atoms with Gasteiger partial charge >= 0.3 is 0 Å². The van der Waals surface area contributed by atoms with Crippen LogP contribution in [0, 0.1) is 61.6 Å². The molecule has 0 spiro atoms. The first kappa shape index (κ1) is 29.7. The van der Waals surface area contributed by atoms with Crippen LogP contribution in [0.5, 0.6) is 0 Å². The van der Waals surface area contributed by atoms with Gasteiger partial charge in [0.1, 0.15) is 6.07 Å². The van der Waals surface area contributed by atoms with Gasteiger partial charge in [0.25, 0.3) is 0 Å². The number of hydrogen-bond donors (Lipinski definition) is 2. The van der Waals surface area contributed by atoms with Gasteiger partial charge in [-0.3, -0.25) is 30.0 Å². The van der Waals surface area contributed by atoms with E-state index in [1.807, 2.05) is 26.0 Å². The lowest BCUT2D eigenvalue weighted by molar-refractivity contribution is -0.174. The van der Waals surface area contributed by atoms with Crippen molar-refractivity contribution in [3.8, 4) is 6.07 Å². The van der Waals surface area contributed by atoms with E-state index in [0.717, 1.165) is 50.5 Å². The Morgan fingerprint density at radius 3 is 2.27 bits per heavy atom. The van der Waals surface area contributed by atoms with E-state index >= 15 is 0 Å². The second kappa shape index (κ2) is 9.12. The molecule has 3 saturated carbocycles. The highest BCUT2D eigenvalue weighted by atomic mass is 16.2. The Labute approximate surface area is 244 Å². The predicted octanol–water partition coefficient (Wildman–Crippen LogP) is 5.76. The number of hydrazine groups is 1. The van der Waals surface area contributed by atoms with Crippen molar-refractivity contribution >= 4 is 23.4 Å². The standard InChI is InChI=1S/C34H47N3O4/c1-20(38)36-37-26(40)18-34-13-11-29(2,3)17-22(34)27-23(39)15-25-31(6)16-21(19-35)28(41)30(4,5)24(31)9-10-32(25,7)33(27,8)12-14-34/h15-16,22,24,27H,9-14,17-18H2,1-8H3,(H,36,38)(H,37,40)/t22-,24+,27?,31+,32-,33-,34-/m1/s1. The average molecular weight is 562 g/mol. The summed E-state index contributed by atoms with van der Waals surface area (Å²) in [6.07, 6.45) is 10.3. The molecule has 7 heteroatoms. The fourth-order valence-electron chi connectivity index (χ4n) is 10.6. The number of hydrogen-bond acceptors (Lipinski definition) is 5. The van der Waals surface area contributed by atoms with E-state index < -0.39 is 10.8 Å². The van der Waals surface area contributed by atoms with E-state index in [9.17, 15) is 24.4 Å². The number of allylic oxidation sites excluding steroid dienone is 4. The minimum absolute atomic E-state index is 0.0145. The molecule has 0 aliphatic heterocycles. The van der Waals surface area contributed by atoms with Gasteiger partial charge in [-0.05, 0) is 84.5 Å². The van der Waals surface area contributed by atoms with Crippen LogP contribution in [-0.2, 0) is 19.2 Å². The van der Waals surface area contributed by atoms with Crippen LogP contribution in [0.2, 0.25) is 0 Å². The average Bonchev–Trinajstić information content (AvgIpc) is 2.87. The molecule has 41 heavy (non-hydrogen) atoms. The van der Waals surface area contributed by atoms with Crippen LogP contribution in [0.4, 0.5) is 0 Å². The van der Waals surface area contributed by atoms with Gasteiger partial charge in [0.05, 0.1) is 5.57 Å². The number of carbonyl (C=O) groups excluding carboxylic acids is 4. The molecule has 7 atom stereocenters. The van der Waals surface area contributed by atoms with Crippen molar-refractivity contribution in [3.63, 3.8) is 0 Å². The number of rotatable bonds is 2. The molecule has 0 bridgehead atoms. The summed E-state index contributed by atoms with van der Waals surface area (Å²) in [5.41, 5.74) is 4.25. The van der Waals surface area contributed by atoms with Crippen molar-refractivity contribution < 1.29 is 19.2 Å². The van der Waals surface area contributed by atoms with E-state index in [2.05, 4.69) is 51.5 Å². The van der Waals surface area contributed by atoms with Crippen LogP contribution in [0.15, 0.2) is 23.3 Å². The number of Topliss-reactive ketones (excluding diaryl/α,β-unsaturated/α-hetero) is 1. The zero-order valence-electron chi connectivity index (χ0n) is 26.1. The van der Waals surface area contributed by atoms with Gasteiger partial charge < -0.3 is 0 Å². The summed E-state index contributed by atoms with van der Waals surface area (Å²) in [5, 5.41) is 9.91. The zero-order chi connectivity index (χ0) is 30.4. The second-order valence-electron chi connectivity index (χ2n) is 16.0. The van der Waals surface area contributed by atoms with Gasteiger partial charge in [0.15, 0.2) is 11.6 Å². The number of ketones is 2. The third-order valence-corrected chi connectivity index (χ3v) is 12.9. The molecule has 1 unspecified atom stereocenters. The maximum absolute atomic E-state index is 14.5. The highest BCUT2D eigenvalue weighted by Gasteiger charge is 2.69. The Morgan fingerprint density at radius 1 is 0.976 bits per heavy atom. The van der Waals surface area contributed by atoms with Crippen LogP contribution < -0.4 is 10.9 Å². The number of fused-ring (bicyclic) bond motifs is 7. The minimum atomic E-state index is -0.687. The normalized spacial score (nSPS) is 42.2. The van der Waals surface area contributed by atoms with Crippen molar-refractivity contribution in [1.82, 2.24) is 10.9 Å². The highest BCUT2D eigenvalue weighted by Crippen LogP contribution is 2.74. The first-order valence-electron chi connectivity index (χ1n) is 15.4. The van der Waals surface area contributed by atoms with Crippen molar-refractivity contribution in [2.75, 3.05) is 0 Å². The maximum Gasteiger partial charge on any atom is 0.238 e. The summed E-state index contributed by atoms with van der Waals surface area (Å²) in [6.45, 7) is 16.6. The molecule has 0 aromatic heterocycles. The number of carbonyl (C=O) groups is 4. The van der Waals surface area contributed by atoms with Crippen LogP contribution >= 0.6 is 0 Å². The summed E-state index contributed by atoms with van der Waals surface area (Å²) in [4.78, 5) is 52.4. The number of nitrogens with zero attached hydrogens (tertiary/aromatic N) is 1. The number of nitrogens with one attached hydrogen (secondary N) is 2.